The fraction of sp³-hybridized carbons (Fsp3) is 0.364. The van der Waals surface area contributed by atoms with Crippen LogP contribution in [0.2, 0.25) is 5.02 Å². The second-order valence-electron chi connectivity index (χ2n) is 8.02. The van der Waals surface area contributed by atoms with Crippen molar-refractivity contribution < 1.29 is 18.8 Å². The van der Waals surface area contributed by atoms with Gasteiger partial charge < -0.3 is 9.80 Å². The van der Waals surface area contributed by atoms with E-state index in [4.69, 9.17) is 11.6 Å². The molecule has 0 spiro atoms. The van der Waals surface area contributed by atoms with Crippen molar-refractivity contribution in [2.24, 2.45) is 5.92 Å². The summed E-state index contributed by atoms with van der Waals surface area (Å²) in [7, 11) is 0. The molecule has 2 aliphatic heterocycles. The molecule has 0 bridgehead atoms. The average molecular weight is 445 g/mol. The van der Waals surface area contributed by atoms with Gasteiger partial charge in [0.25, 0.3) is 5.91 Å². The Balaban J connectivity index is 1.65. The summed E-state index contributed by atoms with van der Waals surface area (Å²) in [6.45, 7) is 3.83. The minimum absolute atomic E-state index is 0.0850. The average Bonchev–Trinajstić information content (AvgIpc) is 2.67. The van der Waals surface area contributed by atoms with E-state index in [0.29, 0.717) is 23.7 Å². The maximum atomic E-state index is 14.6. The van der Waals surface area contributed by atoms with E-state index in [9.17, 15) is 18.8 Å². The molecule has 7 nitrogen and oxygen atoms in total. The fourth-order valence-electron chi connectivity index (χ4n) is 4.05. The van der Waals surface area contributed by atoms with Crippen LogP contribution in [0.4, 0.5) is 10.2 Å². The van der Waals surface area contributed by atoms with Crippen LogP contribution in [0.3, 0.4) is 0 Å². The number of nitrogens with zero attached hydrogens (tertiary/aromatic N) is 4. The first-order chi connectivity index (χ1) is 14.7. The highest BCUT2D eigenvalue weighted by molar-refractivity contribution is 6.30. The molecule has 0 saturated carbocycles. The van der Waals surface area contributed by atoms with E-state index < -0.39 is 17.8 Å². The summed E-state index contributed by atoms with van der Waals surface area (Å²) in [5, 5.41) is 0.574. The van der Waals surface area contributed by atoms with Crippen molar-refractivity contribution >= 4 is 35.1 Å². The van der Waals surface area contributed by atoms with Crippen molar-refractivity contribution in [2.75, 3.05) is 24.5 Å². The van der Waals surface area contributed by atoms with Gasteiger partial charge in [0.05, 0.1) is 0 Å². The van der Waals surface area contributed by atoms with Crippen LogP contribution in [-0.4, -0.2) is 58.2 Å². The first-order valence-electron chi connectivity index (χ1n) is 9.97. The van der Waals surface area contributed by atoms with Gasteiger partial charge >= 0.3 is 0 Å². The van der Waals surface area contributed by atoms with Crippen molar-refractivity contribution in [2.45, 2.75) is 26.4 Å². The summed E-state index contributed by atoms with van der Waals surface area (Å²) in [4.78, 5) is 46.6. The summed E-state index contributed by atoms with van der Waals surface area (Å²) in [6, 6.07) is 7.52. The van der Waals surface area contributed by atoms with Gasteiger partial charge in [-0.05, 0) is 36.2 Å². The van der Waals surface area contributed by atoms with Crippen molar-refractivity contribution in [1.82, 2.24) is 14.8 Å². The van der Waals surface area contributed by atoms with E-state index in [-0.39, 0.29) is 36.6 Å². The Morgan fingerprint density at radius 3 is 2.52 bits per heavy atom. The molecule has 2 aromatic rings. The van der Waals surface area contributed by atoms with Crippen molar-refractivity contribution in [3.05, 3.63) is 58.5 Å². The van der Waals surface area contributed by atoms with E-state index in [1.54, 1.807) is 36.1 Å². The number of benzene rings is 1. The van der Waals surface area contributed by atoms with Gasteiger partial charge in [0.15, 0.2) is 11.6 Å². The van der Waals surface area contributed by atoms with Gasteiger partial charge in [0.1, 0.15) is 12.6 Å². The Bertz CT molecular complexity index is 1040. The quantitative estimate of drug-likeness (QED) is 0.725. The number of carbonyl (C=O) groups is 3. The first-order valence-corrected chi connectivity index (χ1v) is 10.4. The zero-order valence-corrected chi connectivity index (χ0v) is 18.0. The van der Waals surface area contributed by atoms with E-state index >= 15 is 0 Å². The van der Waals surface area contributed by atoms with Gasteiger partial charge in [-0.15, -0.1) is 0 Å². The summed E-state index contributed by atoms with van der Waals surface area (Å²) >= 11 is 5.95. The number of aryl methyl sites for hydroxylation is 1. The molecule has 1 unspecified atom stereocenters. The fourth-order valence-corrected chi connectivity index (χ4v) is 4.18. The van der Waals surface area contributed by atoms with E-state index in [1.165, 1.54) is 24.1 Å². The standard InChI is InChI=1S/C22H22ClFN4O3/c1-13-7-18(24)21(25-8-13)28-12-19(30)27(9-15-3-5-17(23)6-4-15)20(22(28)31)16-10-26(11-16)14(2)29/h3-8,16,20H,9-12H2,1-2H3. The normalized spacial score (nSPS) is 19.6. The predicted octanol–water partition coefficient (Wildman–Crippen LogP) is 2.40. The maximum absolute atomic E-state index is 14.6. The summed E-state index contributed by atoms with van der Waals surface area (Å²) in [5.74, 6) is -1.81. The SMILES string of the molecule is CC(=O)N1CC(C2C(=O)N(c3ncc(C)cc3F)CC(=O)N2Cc2ccc(Cl)cc2)C1. The number of likely N-dealkylation sites (tertiary alicyclic amines) is 1. The number of hydrogen-bond acceptors (Lipinski definition) is 4. The number of piperazine rings is 1. The number of pyridine rings is 1. The molecular formula is C22H22ClFN4O3. The van der Waals surface area contributed by atoms with Gasteiger partial charge in [-0.25, -0.2) is 9.37 Å². The van der Waals surface area contributed by atoms with Gasteiger partial charge in [0.2, 0.25) is 11.8 Å². The number of amides is 3. The minimum Gasteiger partial charge on any atom is -0.342 e. The lowest BCUT2D eigenvalue weighted by Crippen LogP contribution is -2.68. The van der Waals surface area contributed by atoms with Gasteiger partial charge in [-0.3, -0.25) is 19.3 Å². The van der Waals surface area contributed by atoms with Crippen LogP contribution in [0.5, 0.6) is 0 Å². The molecule has 31 heavy (non-hydrogen) atoms. The third-order valence-corrected chi connectivity index (χ3v) is 6.00. The molecule has 2 saturated heterocycles. The molecule has 2 fully saturated rings. The molecule has 0 N–H and O–H groups in total. The monoisotopic (exact) mass is 444 g/mol. The predicted molar refractivity (Wildman–Crippen MR) is 113 cm³/mol. The van der Waals surface area contributed by atoms with Crippen LogP contribution in [0, 0.1) is 18.7 Å². The van der Waals surface area contributed by atoms with Crippen LogP contribution in [0.15, 0.2) is 36.5 Å². The zero-order chi connectivity index (χ0) is 22.3. The molecular weight excluding hydrogens is 423 g/mol. The van der Waals surface area contributed by atoms with Crippen LogP contribution in [-0.2, 0) is 20.9 Å². The molecule has 9 heteroatoms. The van der Waals surface area contributed by atoms with Gasteiger partial charge in [-0.2, -0.15) is 0 Å². The molecule has 1 aromatic carbocycles. The summed E-state index contributed by atoms with van der Waals surface area (Å²) < 4.78 is 14.6. The molecule has 0 aliphatic carbocycles. The molecule has 1 atom stereocenters. The lowest BCUT2D eigenvalue weighted by molar-refractivity contribution is -0.152. The summed E-state index contributed by atoms with van der Waals surface area (Å²) in [6.07, 6.45) is 1.46. The van der Waals surface area contributed by atoms with Gasteiger partial charge in [-0.1, -0.05) is 23.7 Å². The number of halogens is 2. The lowest BCUT2D eigenvalue weighted by Gasteiger charge is -2.49. The Labute approximate surface area is 184 Å². The van der Waals surface area contributed by atoms with Crippen LogP contribution < -0.4 is 4.90 Å². The first kappa shape index (κ1) is 21.2. The molecule has 4 rings (SSSR count). The Kier molecular flexibility index (Phi) is 5.66. The highest BCUT2D eigenvalue weighted by Gasteiger charge is 2.49. The van der Waals surface area contributed by atoms with Crippen LogP contribution in [0.1, 0.15) is 18.1 Å². The molecule has 162 valence electrons. The minimum atomic E-state index is -0.810. The second-order valence-corrected chi connectivity index (χ2v) is 8.46. The van der Waals surface area contributed by atoms with E-state index in [1.807, 2.05) is 0 Å². The highest BCUT2D eigenvalue weighted by atomic mass is 35.5. The molecule has 1 aromatic heterocycles. The van der Waals surface area contributed by atoms with E-state index in [2.05, 4.69) is 4.98 Å². The molecule has 2 aliphatic rings. The largest absolute Gasteiger partial charge is 0.342 e. The zero-order valence-electron chi connectivity index (χ0n) is 17.2. The lowest BCUT2D eigenvalue weighted by atomic mass is 9.87. The van der Waals surface area contributed by atoms with Crippen LogP contribution >= 0.6 is 11.6 Å². The van der Waals surface area contributed by atoms with Crippen molar-refractivity contribution in [3.8, 4) is 0 Å². The van der Waals surface area contributed by atoms with Crippen molar-refractivity contribution in [3.63, 3.8) is 0 Å². The Morgan fingerprint density at radius 1 is 1.23 bits per heavy atom. The van der Waals surface area contributed by atoms with Gasteiger partial charge in [0, 0.05) is 43.7 Å². The Morgan fingerprint density at radius 2 is 1.90 bits per heavy atom. The third-order valence-electron chi connectivity index (χ3n) is 5.75. The molecule has 3 amide bonds. The molecule has 0 radical (unpaired) electrons. The third kappa shape index (κ3) is 4.12. The highest BCUT2D eigenvalue weighted by Crippen LogP contribution is 2.31. The van der Waals surface area contributed by atoms with Crippen LogP contribution in [0.25, 0.3) is 0 Å². The number of hydrogen-bond donors (Lipinski definition) is 0. The van der Waals surface area contributed by atoms with Crippen molar-refractivity contribution in [1.29, 1.82) is 0 Å². The number of anilines is 1. The molecule has 3 heterocycles. The smallest absolute Gasteiger partial charge is 0.251 e. The Hall–Kier alpha value is -3.00. The van der Waals surface area contributed by atoms with E-state index in [0.717, 1.165) is 10.5 Å². The number of aromatic nitrogens is 1. The second kappa shape index (κ2) is 8.26. The summed E-state index contributed by atoms with van der Waals surface area (Å²) in [5.41, 5.74) is 1.44. The maximum Gasteiger partial charge on any atom is 0.251 e. The number of carbonyl (C=O) groups excluding carboxylic acids is 3. The number of rotatable bonds is 4. The topological polar surface area (TPSA) is 73.8 Å².